The Bertz CT molecular complexity index is 1420. The number of phenolic OH excluding ortho intramolecular Hbond substituents is 3. The van der Waals surface area contributed by atoms with E-state index >= 15 is 0 Å². The van der Waals surface area contributed by atoms with E-state index in [2.05, 4.69) is 0 Å². The van der Waals surface area contributed by atoms with Gasteiger partial charge in [0.2, 0.25) is 0 Å². The molecular formula is C26H16O6. The van der Waals surface area contributed by atoms with Crippen LogP contribution in [0.4, 0.5) is 0 Å². The molecular weight excluding hydrogens is 408 g/mol. The molecule has 0 saturated heterocycles. The third-order valence-electron chi connectivity index (χ3n) is 5.95. The van der Waals surface area contributed by atoms with E-state index < -0.39 is 11.6 Å². The summed E-state index contributed by atoms with van der Waals surface area (Å²) in [5, 5.41) is 30.3. The van der Waals surface area contributed by atoms with Crippen LogP contribution in [0.2, 0.25) is 0 Å². The van der Waals surface area contributed by atoms with Crippen molar-refractivity contribution in [2.75, 3.05) is 0 Å². The van der Waals surface area contributed by atoms with Crippen molar-refractivity contribution in [3.63, 3.8) is 0 Å². The second-order valence-corrected chi connectivity index (χ2v) is 7.81. The van der Waals surface area contributed by atoms with Crippen LogP contribution in [0.15, 0.2) is 78.9 Å². The molecule has 4 aromatic carbocycles. The maximum absolute atomic E-state index is 13.0. The number of carbonyl (C=O) groups excluding carboxylic acids is 1. The van der Waals surface area contributed by atoms with Crippen LogP contribution in [0.25, 0.3) is 11.1 Å². The van der Waals surface area contributed by atoms with Gasteiger partial charge in [-0.05, 0) is 47.5 Å². The highest BCUT2D eigenvalue weighted by atomic mass is 16.6. The number of esters is 1. The molecule has 0 aromatic heterocycles. The highest BCUT2D eigenvalue weighted by Gasteiger charge is 2.54. The molecule has 1 spiro atoms. The van der Waals surface area contributed by atoms with E-state index in [0.717, 1.165) is 0 Å². The molecule has 6 rings (SSSR count). The molecule has 32 heavy (non-hydrogen) atoms. The first kappa shape index (κ1) is 18.3. The fraction of sp³-hybridized carbons (Fsp3) is 0.0385. The second-order valence-electron chi connectivity index (χ2n) is 7.81. The number of ether oxygens (including phenoxy) is 2. The summed E-state index contributed by atoms with van der Waals surface area (Å²) >= 11 is 0. The molecule has 156 valence electrons. The van der Waals surface area contributed by atoms with Crippen molar-refractivity contribution in [2.45, 2.75) is 5.60 Å². The predicted molar refractivity (Wildman–Crippen MR) is 115 cm³/mol. The molecule has 1 atom stereocenters. The molecule has 0 bridgehead atoms. The van der Waals surface area contributed by atoms with Crippen molar-refractivity contribution >= 4 is 5.97 Å². The Morgan fingerprint density at radius 2 is 1.38 bits per heavy atom. The second kappa shape index (κ2) is 6.28. The van der Waals surface area contributed by atoms with Gasteiger partial charge in [0.1, 0.15) is 28.7 Å². The average Bonchev–Trinajstić information content (AvgIpc) is 3.06. The Morgan fingerprint density at radius 3 is 2.19 bits per heavy atom. The number of aromatic hydroxyl groups is 3. The summed E-state index contributed by atoms with van der Waals surface area (Å²) in [6, 6.07) is 21.4. The molecule has 0 fully saturated rings. The van der Waals surface area contributed by atoms with Crippen molar-refractivity contribution in [3.05, 3.63) is 101 Å². The quantitative estimate of drug-likeness (QED) is 0.371. The van der Waals surface area contributed by atoms with Crippen LogP contribution in [0.5, 0.6) is 28.7 Å². The number of hydrogen-bond acceptors (Lipinski definition) is 6. The molecule has 2 aliphatic heterocycles. The van der Waals surface area contributed by atoms with E-state index in [1.807, 2.05) is 12.1 Å². The van der Waals surface area contributed by atoms with Crippen LogP contribution in [0.3, 0.4) is 0 Å². The maximum Gasteiger partial charge on any atom is 0.340 e. The summed E-state index contributed by atoms with van der Waals surface area (Å²) in [4.78, 5) is 13.0. The van der Waals surface area contributed by atoms with Gasteiger partial charge in [0.25, 0.3) is 0 Å². The average molecular weight is 424 g/mol. The number of carbonyl (C=O) groups is 1. The van der Waals surface area contributed by atoms with Crippen molar-refractivity contribution < 1.29 is 29.6 Å². The van der Waals surface area contributed by atoms with Crippen molar-refractivity contribution in [2.24, 2.45) is 0 Å². The van der Waals surface area contributed by atoms with Crippen molar-refractivity contribution in [3.8, 4) is 39.9 Å². The Morgan fingerprint density at radius 1 is 0.656 bits per heavy atom. The number of hydrogen-bond donors (Lipinski definition) is 3. The van der Waals surface area contributed by atoms with E-state index in [-0.39, 0.29) is 17.2 Å². The van der Waals surface area contributed by atoms with Gasteiger partial charge in [-0.2, -0.15) is 0 Å². The van der Waals surface area contributed by atoms with Gasteiger partial charge in [-0.15, -0.1) is 0 Å². The van der Waals surface area contributed by atoms with Gasteiger partial charge in [0.05, 0.1) is 11.1 Å². The van der Waals surface area contributed by atoms with Crippen molar-refractivity contribution in [1.29, 1.82) is 0 Å². The van der Waals surface area contributed by atoms with E-state index in [4.69, 9.17) is 9.47 Å². The van der Waals surface area contributed by atoms with E-state index in [0.29, 0.717) is 44.9 Å². The highest BCUT2D eigenvalue weighted by molar-refractivity contribution is 5.98. The molecule has 4 aromatic rings. The smallest absolute Gasteiger partial charge is 0.340 e. The lowest BCUT2D eigenvalue weighted by molar-refractivity contribution is 0.0226. The fourth-order valence-electron chi connectivity index (χ4n) is 4.66. The number of fused-ring (bicyclic) bond motifs is 6. The molecule has 0 radical (unpaired) electrons. The zero-order valence-corrected chi connectivity index (χ0v) is 16.6. The topological polar surface area (TPSA) is 96.2 Å². The first-order valence-electron chi connectivity index (χ1n) is 9.98. The third-order valence-corrected chi connectivity index (χ3v) is 5.95. The molecule has 2 aliphatic rings. The molecule has 3 N–H and O–H groups in total. The fourth-order valence-corrected chi connectivity index (χ4v) is 4.66. The molecule has 2 heterocycles. The molecule has 0 amide bonds. The first-order chi connectivity index (χ1) is 15.5. The van der Waals surface area contributed by atoms with Gasteiger partial charge in [0.15, 0.2) is 5.60 Å². The normalized spacial score (nSPS) is 17.8. The Balaban J connectivity index is 1.76. The molecule has 6 heteroatoms. The van der Waals surface area contributed by atoms with Crippen LogP contribution >= 0.6 is 0 Å². The minimum atomic E-state index is -1.34. The van der Waals surface area contributed by atoms with Crippen LogP contribution in [-0.2, 0) is 10.3 Å². The Hall–Kier alpha value is -4.45. The van der Waals surface area contributed by atoms with Crippen LogP contribution in [0.1, 0.15) is 27.0 Å². The Labute approximate surface area is 182 Å². The lowest BCUT2D eigenvalue weighted by atomic mass is 9.75. The monoisotopic (exact) mass is 424 g/mol. The highest BCUT2D eigenvalue weighted by Crippen LogP contribution is 2.59. The standard InChI is InChI=1S/C26H16O6/c27-15-7-5-14(6-8-15)19-11-17(29)13-23-24(19)26(21-10-9-16(28)12-22(21)31-23)20-4-2-1-3-18(20)25(30)32-26/h1-13,27-29H. The van der Waals surface area contributed by atoms with Gasteiger partial charge in [-0.3, -0.25) is 0 Å². The largest absolute Gasteiger partial charge is 0.508 e. The number of phenols is 3. The number of rotatable bonds is 1. The summed E-state index contributed by atoms with van der Waals surface area (Å²) in [6.07, 6.45) is 0. The molecule has 6 nitrogen and oxygen atoms in total. The third kappa shape index (κ3) is 2.37. The van der Waals surface area contributed by atoms with Gasteiger partial charge in [0, 0.05) is 23.3 Å². The Kier molecular flexibility index (Phi) is 3.60. The summed E-state index contributed by atoms with van der Waals surface area (Å²) in [5.41, 5.74) is 2.13. The summed E-state index contributed by atoms with van der Waals surface area (Å²) < 4.78 is 12.2. The zero-order chi connectivity index (χ0) is 22.0. The SMILES string of the molecule is O=C1OC2(c3ccc(O)cc3Oc3cc(O)cc(-c4ccc(O)cc4)c32)c2ccccc21. The molecule has 1 unspecified atom stereocenters. The molecule has 0 saturated carbocycles. The van der Waals surface area contributed by atoms with Crippen LogP contribution in [-0.4, -0.2) is 21.3 Å². The maximum atomic E-state index is 13.0. The van der Waals surface area contributed by atoms with E-state index in [1.54, 1.807) is 48.5 Å². The van der Waals surface area contributed by atoms with Gasteiger partial charge < -0.3 is 24.8 Å². The minimum Gasteiger partial charge on any atom is -0.508 e. The lowest BCUT2D eigenvalue weighted by Gasteiger charge is -2.38. The van der Waals surface area contributed by atoms with Crippen molar-refractivity contribution in [1.82, 2.24) is 0 Å². The summed E-state index contributed by atoms with van der Waals surface area (Å²) in [5.74, 6) is 0.214. The predicted octanol–water partition coefficient (Wildman–Crippen LogP) is 5.04. The van der Waals surface area contributed by atoms with Gasteiger partial charge in [-0.1, -0.05) is 30.3 Å². The van der Waals surface area contributed by atoms with Crippen LogP contribution < -0.4 is 4.74 Å². The zero-order valence-electron chi connectivity index (χ0n) is 16.6. The van der Waals surface area contributed by atoms with E-state index in [9.17, 15) is 20.1 Å². The van der Waals surface area contributed by atoms with Gasteiger partial charge in [-0.25, -0.2) is 4.79 Å². The molecule has 0 aliphatic carbocycles. The number of benzene rings is 4. The van der Waals surface area contributed by atoms with Crippen LogP contribution in [0, 0.1) is 0 Å². The minimum absolute atomic E-state index is 0.00105. The summed E-state index contributed by atoms with van der Waals surface area (Å²) in [6.45, 7) is 0. The van der Waals surface area contributed by atoms with Gasteiger partial charge >= 0.3 is 5.97 Å². The summed E-state index contributed by atoms with van der Waals surface area (Å²) in [7, 11) is 0. The first-order valence-corrected chi connectivity index (χ1v) is 9.98. The van der Waals surface area contributed by atoms with E-state index in [1.165, 1.54) is 18.2 Å². The lowest BCUT2D eigenvalue weighted by Crippen LogP contribution is -2.33.